The normalized spacial score (nSPS) is 17.0. The zero-order chi connectivity index (χ0) is 13.8. The van der Waals surface area contributed by atoms with E-state index in [9.17, 15) is 4.79 Å². The van der Waals surface area contributed by atoms with Gasteiger partial charge >= 0.3 is 0 Å². The van der Waals surface area contributed by atoms with Gasteiger partial charge in [0.25, 0.3) is 0 Å². The van der Waals surface area contributed by atoms with Crippen LogP contribution >= 0.6 is 0 Å². The maximum atomic E-state index is 12.1. The van der Waals surface area contributed by atoms with E-state index in [2.05, 4.69) is 25.7 Å². The summed E-state index contributed by atoms with van der Waals surface area (Å²) < 4.78 is 0. The minimum Gasteiger partial charge on any atom is -0.325 e. The molecule has 1 aliphatic heterocycles. The lowest BCUT2D eigenvalue weighted by Gasteiger charge is -2.18. The van der Waals surface area contributed by atoms with Crippen molar-refractivity contribution < 1.29 is 4.79 Å². The maximum Gasteiger partial charge on any atom is 0.238 e. The van der Waals surface area contributed by atoms with Crippen molar-refractivity contribution in [3.05, 3.63) is 24.4 Å². The third kappa shape index (κ3) is 3.15. The van der Waals surface area contributed by atoms with E-state index in [1.165, 1.54) is 0 Å². The number of rotatable bonds is 3. The molecule has 0 bridgehead atoms. The summed E-state index contributed by atoms with van der Waals surface area (Å²) in [5.74, 6) is 0.0368. The molecule has 1 saturated heterocycles. The van der Waals surface area contributed by atoms with Gasteiger partial charge < -0.3 is 10.6 Å². The van der Waals surface area contributed by atoms with E-state index < -0.39 is 0 Å². The number of H-pyrrole nitrogens is 1. The number of carbonyl (C=O) groups excluding carboxylic acids is 1. The van der Waals surface area contributed by atoms with E-state index in [0.29, 0.717) is 6.54 Å². The Hall–Kier alpha value is -1.92. The monoisotopic (exact) mass is 273 g/mol. The SMILES string of the molecule is O=C(CN1CCCNCC1)Nc1ccc2[nH]ncc2c1. The standard InChI is InChI=1S/C14H19N5O/c20-14(10-19-6-1-4-15-5-7-19)17-12-2-3-13-11(8-12)9-16-18-13/h2-3,8-9,15H,1,4-7,10H2,(H,16,18)(H,17,20). The van der Waals surface area contributed by atoms with Crippen molar-refractivity contribution in [3.63, 3.8) is 0 Å². The Morgan fingerprint density at radius 1 is 1.35 bits per heavy atom. The number of nitrogens with one attached hydrogen (secondary N) is 3. The Kier molecular flexibility index (Phi) is 3.94. The molecule has 1 amide bonds. The largest absolute Gasteiger partial charge is 0.325 e. The van der Waals surface area contributed by atoms with E-state index >= 15 is 0 Å². The van der Waals surface area contributed by atoms with Gasteiger partial charge in [-0.05, 0) is 37.7 Å². The second-order valence-corrected chi connectivity index (χ2v) is 5.10. The summed E-state index contributed by atoms with van der Waals surface area (Å²) in [4.78, 5) is 14.3. The molecule has 3 rings (SSSR count). The number of anilines is 1. The number of carbonyl (C=O) groups is 1. The predicted molar refractivity (Wildman–Crippen MR) is 78.7 cm³/mol. The third-order valence-electron chi connectivity index (χ3n) is 3.52. The van der Waals surface area contributed by atoms with Crippen molar-refractivity contribution in [3.8, 4) is 0 Å². The topological polar surface area (TPSA) is 73.1 Å². The summed E-state index contributed by atoms with van der Waals surface area (Å²) in [7, 11) is 0. The molecule has 1 fully saturated rings. The number of hydrogen-bond acceptors (Lipinski definition) is 4. The fraction of sp³-hybridized carbons (Fsp3) is 0.429. The van der Waals surface area contributed by atoms with Gasteiger partial charge in [0.15, 0.2) is 0 Å². The molecule has 1 aromatic carbocycles. The minimum atomic E-state index is 0.0368. The molecule has 6 nitrogen and oxygen atoms in total. The van der Waals surface area contributed by atoms with Crippen LogP contribution in [0.1, 0.15) is 6.42 Å². The number of hydrogen-bond donors (Lipinski definition) is 3. The molecule has 3 N–H and O–H groups in total. The van der Waals surface area contributed by atoms with Gasteiger partial charge in [-0.15, -0.1) is 0 Å². The van der Waals surface area contributed by atoms with Gasteiger partial charge in [-0.25, -0.2) is 0 Å². The molecular weight excluding hydrogens is 254 g/mol. The molecule has 0 saturated carbocycles. The van der Waals surface area contributed by atoms with Crippen LogP contribution in [0.3, 0.4) is 0 Å². The lowest BCUT2D eigenvalue weighted by molar-refractivity contribution is -0.117. The lowest BCUT2D eigenvalue weighted by atomic mass is 10.2. The first-order chi connectivity index (χ1) is 9.81. The van der Waals surface area contributed by atoms with Gasteiger partial charge in [0.1, 0.15) is 0 Å². The van der Waals surface area contributed by atoms with E-state index in [1.54, 1.807) is 6.20 Å². The zero-order valence-electron chi connectivity index (χ0n) is 11.4. The van der Waals surface area contributed by atoms with E-state index in [-0.39, 0.29) is 5.91 Å². The fourth-order valence-electron chi connectivity index (χ4n) is 2.48. The highest BCUT2D eigenvalue weighted by molar-refractivity contribution is 5.94. The molecule has 1 aromatic heterocycles. The predicted octanol–water partition coefficient (Wildman–Crippen LogP) is 0.797. The van der Waals surface area contributed by atoms with E-state index in [1.807, 2.05) is 18.2 Å². The highest BCUT2D eigenvalue weighted by Gasteiger charge is 2.12. The Morgan fingerprint density at radius 2 is 2.30 bits per heavy atom. The molecule has 0 atom stereocenters. The smallest absolute Gasteiger partial charge is 0.238 e. The Morgan fingerprint density at radius 3 is 3.25 bits per heavy atom. The van der Waals surface area contributed by atoms with Crippen LogP contribution in [0.15, 0.2) is 24.4 Å². The van der Waals surface area contributed by atoms with Gasteiger partial charge in [-0.2, -0.15) is 5.10 Å². The summed E-state index contributed by atoms with van der Waals surface area (Å²) in [5, 5.41) is 14.2. The average molecular weight is 273 g/mol. The van der Waals surface area contributed by atoms with Crippen molar-refractivity contribution in [1.82, 2.24) is 20.4 Å². The van der Waals surface area contributed by atoms with Crippen LogP contribution in [0.4, 0.5) is 5.69 Å². The minimum absolute atomic E-state index is 0.0368. The van der Waals surface area contributed by atoms with Crippen LogP contribution in [-0.4, -0.2) is 53.7 Å². The molecule has 0 radical (unpaired) electrons. The summed E-state index contributed by atoms with van der Waals surface area (Å²) in [6.07, 6.45) is 2.85. The number of benzene rings is 1. The molecule has 2 heterocycles. The van der Waals surface area contributed by atoms with Crippen LogP contribution < -0.4 is 10.6 Å². The second kappa shape index (κ2) is 6.02. The van der Waals surface area contributed by atoms with Gasteiger partial charge in [-0.3, -0.25) is 14.8 Å². The van der Waals surface area contributed by atoms with Crippen LogP contribution in [0.5, 0.6) is 0 Å². The summed E-state index contributed by atoms with van der Waals surface area (Å²) in [5.41, 5.74) is 1.79. The first kappa shape index (κ1) is 13.1. The molecule has 6 heteroatoms. The van der Waals surface area contributed by atoms with Crippen LogP contribution in [-0.2, 0) is 4.79 Å². The zero-order valence-corrected chi connectivity index (χ0v) is 11.4. The van der Waals surface area contributed by atoms with Crippen molar-refractivity contribution in [2.75, 3.05) is 38.0 Å². The van der Waals surface area contributed by atoms with Crippen LogP contribution in [0.2, 0.25) is 0 Å². The number of fused-ring (bicyclic) bond motifs is 1. The number of amides is 1. The first-order valence-electron chi connectivity index (χ1n) is 6.97. The highest BCUT2D eigenvalue weighted by atomic mass is 16.2. The number of aromatic nitrogens is 2. The quantitative estimate of drug-likeness (QED) is 0.773. The summed E-state index contributed by atoms with van der Waals surface area (Å²) in [6.45, 7) is 4.34. The fourth-order valence-corrected chi connectivity index (χ4v) is 2.48. The van der Waals surface area contributed by atoms with Crippen LogP contribution in [0.25, 0.3) is 10.9 Å². The summed E-state index contributed by atoms with van der Waals surface area (Å²) in [6, 6.07) is 5.75. The molecule has 0 aliphatic carbocycles. The van der Waals surface area contributed by atoms with Crippen molar-refractivity contribution in [2.24, 2.45) is 0 Å². The maximum absolute atomic E-state index is 12.1. The van der Waals surface area contributed by atoms with Gasteiger partial charge in [0, 0.05) is 24.2 Å². The lowest BCUT2D eigenvalue weighted by Crippen LogP contribution is -2.35. The molecule has 1 aliphatic rings. The molecule has 0 spiro atoms. The molecule has 2 aromatic rings. The molecule has 106 valence electrons. The first-order valence-corrected chi connectivity index (χ1v) is 6.97. The van der Waals surface area contributed by atoms with E-state index in [4.69, 9.17) is 0 Å². The molecule has 0 unspecified atom stereocenters. The Labute approximate surface area is 117 Å². The summed E-state index contributed by atoms with van der Waals surface area (Å²) >= 11 is 0. The highest BCUT2D eigenvalue weighted by Crippen LogP contribution is 2.16. The number of aromatic amines is 1. The van der Waals surface area contributed by atoms with Gasteiger partial charge in [0.05, 0.1) is 18.3 Å². The average Bonchev–Trinajstić information content (AvgIpc) is 2.75. The molecule has 20 heavy (non-hydrogen) atoms. The Balaban J connectivity index is 1.59. The van der Waals surface area contributed by atoms with Gasteiger partial charge in [-0.1, -0.05) is 0 Å². The van der Waals surface area contributed by atoms with Crippen molar-refractivity contribution in [1.29, 1.82) is 0 Å². The van der Waals surface area contributed by atoms with Crippen LogP contribution in [0, 0.1) is 0 Å². The number of nitrogens with zero attached hydrogens (tertiary/aromatic N) is 2. The molecular formula is C14H19N5O. The van der Waals surface area contributed by atoms with Gasteiger partial charge in [0.2, 0.25) is 5.91 Å². The van der Waals surface area contributed by atoms with Crippen molar-refractivity contribution >= 4 is 22.5 Å². The third-order valence-corrected chi connectivity index (χ3v) is 3.52. The van der Waals surface area contributed by atoms with E-state index in [0.717, 1.165) is 49.2 Å². The van der Waals surface area contributed by atoms with Crippen molar-refractivity contribution in [2.45, 2.75) is 6.42 Å². The second-order valence-electron chi connectivity index (χ2n) is 5.10. The Bertz CT molecular complexity index is 586.